The highest BCUT2D eigenvalue weighted by Gasteiger charge is 2.20. The van der Waals surface area contributed by atoms with E-state index in [9.17, 15) is 4.79 Å². The summed E-state index contributed by atoms with van der Waals surface area (Å²) in [6, 6.07) is 0. The van der Waals surface area contributed by atoms with E-state index >= 15 is 0 Å². The maximum Gasteiger partial charge on any atom is 0.224 e. The van der Waals surface area contributed by atoms with Crippen molar-refractivity contribution in [2.75, 3.05) is 32.7 Å². The van der Waals surface area contributed by atoms with Crippen LogP contribution >= 0.6 is 24.0 Å². The maximum atomic E-state index is 12.1. The molecule has 0 aliphatic carbocycles. The predicted octanol–water partition coefficient (Wildman–Crippen LogP) is 2.22. The number of halogens is 1. The van der Waals surface area contributed by atoms with Crippen LogP contribution in [-0.4, -0.2) is 49.5 Å². The molecule has 0 aromatic carbocycles. The minimum absolute atomic E-state index is 0. The Morgan fingerprint density at radius 2 is 2.10 bits per heavy atom. The van der Waals surface area contributed by atoms with Gasteiger partial charge in [-0.25, -0.2) is 0 Å². The number of nitrogens with zero attached hydrogens (tertiary/aromatic N) is 2. The Bertz CT molecular complexity index is 323. The molecule has 0 saturated carbocycles. The lowest BCUT2D eigenvalue weighted by Gasteiger charge is -2.31. The molecule has 124 valence electrons. The van der Waals surface area contributed by atoms with Crippen molar-refractivity contribution in [1.29, 1.82) is 0 Å². The molecule has 21 heavy (non-hydrogen) atoms. The molecule has 6 heteroatoms. The molecule has 5 nitrogen and oxygen atoms in total. The van der Waals surface area contributed by atoms with Gasteiger partial charge in [0, 0.05) is 39.1 Å². The Kier molecular flexibility index (Phi) is 11.8. The zero-order chi connectivity index (χ0) is 14.8. The number of aliphatic imine (C=N–C) groups is 1. The van der Waals surface area contributed by atoms with E-state index in [1.165, 1.54) is 6.42 Å². The lowest BCUT2D eigenvalue weighted by Crippen LogP contribution is -2.42. The number of carbonyl (C=O) groups excluding carboxylic acids is 1. The maximum absolute atomic E-state index is 12.1. The van der Waals surface area contributed by atoms with Crippen molar-refractivity contribution < 1.29 is 4.79 Å². The largest absolute Gasteiger partial charge is 0.357 e. The Hall–Kier alpha value is -0.530. The molecule has 1 saturated heterocycles. The van der Waals surface area contributed by atoms with Gasteiger partial charge < -0.3 is 15.5 Å². The molecule has 1 atom stereocenters. The number of nitrogens with one attached hydrogen (secondary N) is 2. The van der Waals surface area contributed by atoms with Gasteiger partial charge in [0.25, 0.3) is 0 Å². The first-order valence-electron chi connectivity index (χ1n) is 7.97. The fraction of sp³-hybridized carbons (Fsp3) is 0.867. The third kappa shape index (κ3) is 8.48. The molecule has 1 aliphatic rings. The molecule has 1 aliphatic heterocycles. The first-order chi connectivity index (χ1) is 9.67. The number of rotatable bonds is 6. The lowest BCUT2D eigenvalue weighted by molar-refractivity contribution is -0.132. The molecule has 0 aromatic heterocycles. The van der Waals surface area contributed by atoms with E-state index in [4.69, 9.17) is 0 Å². The molecule has 2 N–H and O–H groups in total. The van der Waals surface area contributed by atoms with Crippen LogP contribution in [0.5, 0.6) is 0 Å². The molecule has 0 spiro atoms. The number of hydrogen-bond acceptors (Lipinski definition) is 2. The van der Waals surface area contributed by atoms with Crippen LogP contribution in [-0.2, 0) is 4.79 Å². The fourth-order valence-corrected chi connectivity index (χ4v) is 2.43. The van der Waals surface area contributed by atoms with Crippen LogP contribution in [0.25, 0.3) is 0 Å². The third-order valence-corrected chi connectivity index (χ3v) is 3.48. The van der Waals surface area contributed by atoms with Crippen LogP contribution < -0.4 is 10.6 Å². The second kappa shape index (κ2) is 12.1. The van der Waals surface area contributed by atoms with E-state index in [1.54, 1.807) is 0 Å². The minimum Gasteiger partial charge on any atom is -0.357 e. The van der Waals surface area contributed by atoms with E-state index in [0.29, 0.717) is 18.9 Å². The van der Waals surface area contributed by atoms with Crippen LogP contribution in [0.15, 0.2) is 4.99 Å². The van der Waals surface area contributed by atoms with Crippen molar-refractivity contribution in [2.45, 2.75) is 46.5 Å². The van der Waals surface area contributed by atoms with Gasteiger partial charge in [-0.3, -0.25) is 9.79 Å². The number of carbonyl (C=O) groups is 1. The number of guanidine groups is 1. The summed E-state index contributed by atoms with van der Waals surface area (Å²) >= 11 is 0. The zero-order valence-corrected chi connectivity index (χ0v) is 16.0. The first-order valence-corrected chi connectivity index (χ1v) is 7.97. The molecule has 1 rings (SSSR count). The van der Waals surface area contributed by atoms with Crippen molar-refractivity contribution in [3.05, 3.63) is 0 Å². The number of amides is 1. The number of piperidine rings is 1. The van der Waals surface area contributed by atoms with Crippen LogP contribution in [0.1, 0.15) is 46.5 Å². The summed E-state index contributed by atoms with van der Waals surface area (Å²) < 4.78 is 0. The van der Waals surface area contributed by atoms with Gasteiger partial charge in [-0.2, -0.15) is 0 Å². The van der Waals surface area contributed by atoms with Gasteiger partial charge in [0.05, 0.1) is 0 Å². The van der Waals surface area contributed by atoms with Crippen molar-refractivity contribution in [3.63, 3.8) is 0 Å². The van der Waals surface area contributed by atoms with Crippen LogP contribution in [0.4, 0.5) is 0 Å². The Labute approximate surface area is 146 Å². The van der Waals surface area contributed by atoms with Crippen LogP contribution in [0.2, 0.25) is 0 Å². The second-order valence-electron chi connectivity index (χ2n) is 5.52. The molecule has 1 fully saturated rings. The van der Waals surface area contributed by atoms with Crippen LogP contribution in [0, 0.1) is 5.92 Å². The molecule has 1 amide bonds. The topological polar surface area (TPSA) is 56.7 Å². The summed E-state index contributed by atoms with van der Waals surface area (Å²) in [6.07, 6.45) is 3.96. The van der Waals surface area contributed by atoms with Gasteiger partial charge >= 0.3 is 0 Å². The van der Waals surface area contributed by atoms with E-state index in [-0.39, 0.29) is 29.9 Å². The average molecular weight is 410 g/mol. The highest BCUT2D eigenvalue weighted by Crippen LogP contribution is 2.15. The van der Waals surface area contributed by atoms with E-state index in [1.807, 2.05) is 11.8 Å². The van der Waals surface area contributed by atoms with E-state index < -0.39 is 0 Å². The standard InChI is InChI=1S/C15H30N4O.HI/c1-4-9-17-15(16-5-2)18-10-8-14(20)19-11-6-7-13(3)12-19;/h13H,4-12H2,1-3H3,(H2,16,17,18);1H. The summed E-state index contributed by atoms with van der Waals surface area (Å²) in [4.78, 5) is 18.6. The predicted molar refractivity (Wildman–Crippen MR) is 99.3 cm³/mol. The van der Waals surface area contributed by atoms with Crippen LogP contribution in [0.3, 0.4) is 0 Å². The summed E-state index contributed by atoms with van der Waals surface area (Å²) in [6.45, 7) is 10.5. The average Bonchev–Trinajstić information content (AvgIpc) is 2.44. The Balaban J connectivity index is 0.00000400. The lowest BCUT2D eigenvalue weighted by atomic mass is 10.00. The van der Waals surface area contributed by atoms with Crippen molar-refractivity contribution in [3.8, 4) is 0 Å². The molecule has 1 heterocycles. The number of hydrogen-bond donors (Lipinski definition) is 2. The SMILES string of the molecule is CCCN=C(NCC)NCCC(=O)N1CCCC(C)C1.I. The minimum atomic E-state index is 0. The highest BCUT2D eigenvalue weighted by atomic mass is 127. The molecular weight excluding hydrogens is 379 g/mol. The van der Waals surface area contributed by atoms with E-state index in [2.05, 4.69) is 29.5 Å². The second-order valence-corrected chi connectivity index (χ2v) is 5.52. The highest BCUT2D eigenvalue weighted by molar-refractivity contribution is 14.0. The van der Waals surface area contributed by atoms with Gasteiger partial charge in [-0.15, -0.1) is 24.0 Å². The van der Waals surface area contributed by atoms with Crippen molar-refractivity contribution in [2.24, 2.45) is 10.9 Å². The Morgan fingerprint density at radius 1 is 1.33 bits per heavy atom. The molecule has 0 bridgehead atoms. The summed E-state index contributed by atoms with van der Waals surface area (Å²) in [5, 5.41) is 6.42. The summed E-state index contributed by atoms with van der Waals surface area (Å²) in [7, 11) is 0. The molecule has 0 radical (unpaired) electrons. The first kappa shape index (κ1) is 20.5. The molecule has 0 aromatic rings. The quantitative estimate of drug-likeness (QED) is 0.401. The fourth-order valence-electron chi connectivity index (χ4n) is 2.43. The molecule has 1 unspecified atom stereocenters. The van der Waals surface area contributed by atoms with Crippen molar-refractivity contribution in [1.82, 2.24) is 15.5 Å². The van der Waals surface area contributed by atoms with Gasteiger partial charge in [0.1, 0.15) is 0 Å². The zero-order valence-electron chi connectivity index (χ0n) is 13.7. The smallest absolute Gasteiger partial charge is 0.224 e. The van der Waals surface area contributed by atoms with E-state index in [0.717, 1.165) is 45.0 Å². The Morgan fingerprint density at radius 3 is 2.71 bits per heavy atom. The summed E-state index contributed by atoms with van der Waals surface area (Å²) in [5.74, 6) is 1.72. The van der Waals surface area contributed by atoms with Crippen molar-refractivity contribution >= 4 is 35.8 Å². The van der Waals surface area contributed by atoms with Gasteiger partial charge in [-0.1, -0.05) is 13.8 Å². The monoisotopic (exact) mass is 410 g/mol. The van der Waals surface area contributed by atoms with Gasteiger partial charge in [0.15, 0.2) is 5.96 Å². The number of likely N-dealkylation sites (tertiary alicyclic amines) is 1. The third-order valence-electron chi connectivity index (χ3n) is 3.48. The normalized spacial score (nSPS) is 18.9. The molecular formula is C15H31IN4O. The summed E-state index contributed by atoms with van der Waals surface area (Å²) in [5.41, 5.74) is 0. The van der Waals surface area contributed by atoms with Gasteiger partial charge in [0.2, 0.25) is 5.91 Å². The van der Waals surface area contributed by atoms with Gasteiger partial charge in [-0.05, 0) is 32.1 Å².